The van der Waals surface area contributed by atoms with E-state index in [0.717, 1.165) is 19.3 Å². The highest BCUT2D eigenvalue weighted by molar-refractivity contribution is 6.01. The lowest BCUT2D eigenvalue weighted by Crippen LogP contribution is -2.21. The van der Waals surface area contributed by atoms with Gasteiger partial charge in [0.2, 0.25) is 5.91 Å². The Labute approximate surface area is 158 Å². The Morgan fingerprint density at radius 1 is 0.923 bits per heavy atom. The van der Waals surface area contributed by atoms with Crippen molar-refractivity contribution in [3.63, 3.8) is 0 Å². The van der Waals surface area contributed by atoms with E-state index in [1.165, 1.54) is 57.4 Å². The van der Waals surface area contributed by atoms with Gasteiger partial charge in [0, 0.05) is 5.92 Å². The number of para-hydroxylation sites is 1. The number of aromatic carboxylic acids is 1. The Balaban J connectivity index is 2.17. The van der Waals surface area contributed by atoms with E-state index in [9.17, 15) is 14.7 Å². The highest BCUT2D eigenvalue weighted by Gasteiger charge is 2.16. The van der Waals surface area contributed by atoms with Crippen molar-refractivity contribution >= 4 is 17.6 Å². The van der Waals surface area contributed by atoms with Crippen molar-refractivity contribution in [3.8, 4) is 0 Å². The highest BCUT2D eigenvalue weighted by atomic mass is 16.4. The minimum Gasteiger partial charge on any atom is -0.478 e. The average Bonchev–Trinajstić information content (AvgIpc) is 2.63. The first-order valence-electron chi connectivity index (χ1n) is 10.2. The van der Waals surface area contributed by atoms with Crippen molar-refractivity contribution in [1.82, 2.24) is 0 Å². The Morgan fingerprint density at radius 2 is 1.46 bits per heavy atom. The molecule has 26 heavy (non-hydrogen) atoms. The molecule has 1 aromatic carbocycles. The molecule has 4 heteroatoms. The summed E-state index contributed by atoms with van der Waals surface area (Å²) in [5.41, 5.74) is 0.506. The van der Waals surface area contributed by atoms with Gasteiger partial charge in [0.1, 0.15) is 0 Å². The predicted octanol–water partition coefficient (Wildman–Crippen LogP) is 6.27. The van der Waals surface area contributed by atoms with Gasteiger partial charge in [-0.3, -0.25) is 4.79 Å². The summed E-state index contributed by atoms with van der Waals surface area (Å²) < 4.78 is 0. The molecule has 0 spiro atoms. The van der Waals surface area contributed by atoms with Crippen molar-refractivity contribution in [2.75, 3.05) is 5.32 Å². The summed E-state index contributed by atoms with van der Waals surface area (Å²) in [6, 6.07) is 6.53. The van der Waals surface area contributed by atoms with Crippen molar-refractivity contribution in [2.45, 2.75) is 84.5 Å². The lowest BCUT2D eigenvalue weighted by Gasteiger charge is -2.13. The molecule has 0 aliphatic rings. The number of hydrogen-bond acceptors (Lipinski definition) is 2. The van der Waals surface area contributed by atoms with Crippen LogP contribution in [-0.2, 0) is 4.79 Å². The third-order valence-electron chi connectivity index (χ3n) is 4.85. The van der Waals surface area contributed by atoms with Gasteiger partial charge in [-0.25, -0.2) is 4.79 Å². The molecular weight excluding hydrogens is 326 g/mol. The molecule has 0 radical (unpaired) electrons. The number of carbonyl (C=O) groups excluding carboxylic acids is 1. The largest absolute Gasteiger partial charge is 0.478 e. The van der Waals surface area contributed by atoms with Gasteiger partial charge >= 0.3 is 5.97 Å². The Bertz CT molecular complexity index is 542. The molecule has 0 saturated carbocycles. The summed E-state index contributed by atoms with van der Waals surface area (Å²) in [6.07, 6.45) is 13.7. The Hall–Kier alpha value is -1.84. The fraction of sp³-hybridized carbons (Fsp3) is 0.636. The fourth-order valence-corrected chi connectivity index (χ4v) is 3.10. The van der Waals surface area contributed by atoms with Gasteiger partial charge in [0.05, 0.1) is 11.3 Å². The SMILES string of the molecule is CCCCCCCCCCCCC(C)C(=O)Nc1ccccc1C(=O)O. The first-order valence-corrected chi connectivity index (χ1v) is 10.2. The van der Waals surface area contributed by atoms with E-state index in [2.05, 4.69) is 12.2 Å². The number of amides is 1. The lowest BCUT2D eigenvalue weighted by atomic mass is 10.00. The first kappa shape index (κ1) is 22.2. The van der Waals surface area contributed by atoms with Crippen molar-refractivity contribution in [2.24, 2.45) is 5.92 Å². The maximum absolute atomic E-state index is 12.3. The summed E-state index contributed by atoms with van der Waals surface area (Å²) in [4.78, 5) is 23.5. The topological polar surface area (TPSA) is 66.4 Å². The zero-order valence-electron chi connectivity index (χ0n) is 16.4. The van der Waals surface area contributed by atoms with Crippen LogP contribution in [-0.4, -0.2) is 17.0 Å². The summed E-state index contributed by atoms with van der Waals surface area (Å²) in [5.74, 6) is -1.23. The van der Waals surface area contributed by atoms with E-state index in [1.807, 2.05) is 6.92 Å². The smallest absolute Gasteiger partial charge is 0.337 e. The predicted molar refractivity (Wildman–Crippen MR) is 108 cm³/mol. The van der Waals surface area contributed by atoms with Crippen LogP contribution in [0.4, 0.5) is 5.69 Å². The van der Waals surface area contributed by atoms with E-state index in [1.54, 1.807) is 18.2 Å². The summed E-state index contributed by atoms with van der Waals surface area (Å²) >= 11 is 0. The lowest BCUT2D eigenvalue weighted by molar-refractivity contribution is -0.119. The van der Waals surface area contributed by atoms with Crippen LogP contribution in [0.25, 0.3) is 0 Å². The van der Waals surface area contributed by atoms with Gasteiger partial charge in [-0.15, -0.1) is 0 Å². The van der Waals surface area contributed by atoms with Crippen LogP contribution in [0, 0.1) is 5.92 Å². The Kier molecular flexibility index (Phi) is 11.4. The number of unbranched alkanes of at least 4 members (excludes halogenated alkanes) is 9. The summed E-state index contributed by atoms with van der Waals surface area (Å²) in [6.45, 7) is 4.15. The van der Waals surface area contributed by atoms with Gasteiger partial charge < -0.3 is 10.4 Å². The molecule has 0 aliphatic heterocycles. The number of carboxylic acids is 1. The van der Waals surface area contributed by atoms with E-state index < -0.39 is 5.97 Å². The van der Waals surface area contributed by atoms with Crippen molar-refractivity contribution in [1.29, 1.82) is 0 Å². The maximum atomic E-state index is 12.3. The quantitative estimate of drug-likeness (QED) is 0.384. The average molecular weight is 362 g/mol. The van der Waals surface area contributed by atoms with Crippen LogP contribution < -0.4 is 5.32 Å². The van der Waals surface area contributed by atoms with E-state index in [4.69, 9.17) is 0 Å². The third kappa shape index (κ3) is 9.02. The molecule has 1 atom stereocenters. The molecule has 1 rings (SSSR count). The third-order valence-corrected chi connectivity index (χ3v) is 4.85. The summed E-state index contributed by atoms with van der Waals surface area (Å²) in [5, 5.41) is 11.9. The zero-order chi connectivity index (χ0) is 19.2. The van der Waals surface area contributed by atoms with Gasteiger partial charge in [-0.05, 0) is 18.6 Å². The second kappa shape index (κ2) is 13.4. The Morgan fingerprint density at radius 3 is 2.04 bits per heavy atom. The molecule has 0 heterocycles. The maximum Gasteiger partial charge on any atom is 0.337 e. The molecule has 0 saturated heterocycles. The number of carbonyl (C=O) groups is 2. The molecule has 2 N–H and O–H groups in total. The molecule has 4 nitrogen and oxygen atoms in total. The van der Waals surface area contributed by atoms with E-state index >= 15 is 0 Å². The van der Waals surface area contributed by atoms with Crippen LogP contribution in [0.2, 0.25) is 0 Å². The molecule has 1 aromatic rings. The van der Waals surface area contributed by atoms with Crippen LogP contribution in [0.3, 0.4) is 0 Å². The number of anilines is 1. The van der Waals surface area contributed by atoms with Crippen LogP contribution in [0.1, 0.15) is 94.8 Å². The first-order chi connectivity index (χ1) is 12.6. The molecule has 0 bridgehead atoms. The van der Waals surface area contributed by atoms with Crippen LogP contribution in [0.15, 0.2) is 24.3 Å². The van der Waals surface area contributed by atoms with Gasteiger partial charge in [-0.2, -0.15) is 0 Å². The van der Waals surface area contributed by atoms with Gasteiger partial charge in [-0.1, -0.05) is 90.2 Å². The van der Waals surface area contributed by atoms with Gasteiger partial charge in [0.25, 0.3) is 0 Å². The monoisotopic (exact) mass is 361 g/mol. The number of rotatable bonds is 14. The van der Waals surface area contributed by atoms with Crippen molar-refractivity contribution in [3.05, 3.63) is 29.8 Å². The molecular formula is C22H35NO3. The number of benzene rings is 1. The normalized spacial score (nSPS) is 11.9. The number of carboxylic acid groups (broad SMARTS) is 1. The molecule has 0 fully saturated rings. The standard InChI is InChI=1S/C22H35NO3/c1-3-4-5-6-7-8-9-10-11-12-15-18(2)21(24)23-20-17-14-13-16-19(20)22(25)26/h13-14,16-18H,3-12,15H2,1-2H3,(H,23,24)(H,25,26). The molecule has 1 unspecified atom stereocenters. The summed E-state index contributed by atoms with van der Waals surface area (Å²) in [7, 11) is 0. The molecule has 0 aliphatic carbocycles. The number of nitrogens with one attached hydrogen (secondary N) is 1. The highest BCUT2D eigenvalue weighted by Crippen LogP contribution is 2.18. The fourth-order valence-electron chi connectivity index (χ4n) is 3.10. The van der Waals surface area contributed by atoms with E-state index in [-0.39, 0.29) is 17.4 Å². The van der Waals surface area contributed by atoms with Crippen molar-refractivity contribution < 1.29 is 14.7 Å². The molecule has 146 valence electrons. The zero-order valence-corrected chi connectivity index (χ0v) is 16.4. The molecule has 0 aromatic heterocycles. The van der Waals surface area contributed by atoms with Crippen LogP contribution >= 0.6 is 0 Å². The second-order valence-electron chi connectivity index (χ2n) is 7.21. The minimum absolute atomic E-state index is 0.102. The van der Waals surface area contributed by atoms with Crippen LogP contribution in [0.5, 0.6) is 0 Å². The second-order valence-corrected chi connectivity index (χ2v) is 7.21. The molecule has 1 amide bonds. The number of hydrogen-bond donors (Lipinski definition) is 2. The minimum atomic E-state index is -1.02. The van der Waals surface area contributed by atoms with E-state index in [0.29, 0.717) is 5.69 Å². The van der Waals surface area contributed by atoms with Gasteiger partial charge in [0.15, 0.2) is 0 Å².